The van der Waals surface area contributed by atoms with Crippen LogP contribution in [0.1, 0.15) is 18.4 Å². The van der Waals surface area contributed by atoms with Crippen molar-refractivity contribution in [2.24, 2.45) is 11.7 Å². The van der Waals surface area contributed by atoms with Crippen molar-refractivity contribution in [2.45, 2.75) is 19.4 Å². The average molecular weight is 301 g/mol. The summed E-state index contributed by atoms with van der Waals surface area (Å²) in [6.07, 6.45) is 2.26. The van der Waals surface area contributed by atoms with Gasteiger partial charge < -0.3 is 5.73 Å². The fourth-order valence-corrected chi connectivity index (χ4v) is 2.69. The number of nitrogens with two attached hydrogens (primary N) is 1. The van der Waals surface area contributed by atoms with Crippen molar-refractivity contribution in [1.82, 2.24) is 4.90 Å². The number of rotatable bonds is 3. The smallest absolute Gasteiger partial charge is 0.127 e. The van der Waals surface area contributed by atoms with Crippen LogP contribution in [0, 0.1) is 11.7 Å². The predicted molar refractivity (Wildman–Crippen MR) is 71.2 cm³/mol. The lowest BCUT2D eigenvalue weighted by atomic mass is 9.97. The fraction of sp³-hybridized carbons (Fsp3) is 0.538. The summed E-state index contributed by atoms with van der Waals surface area (Å²) in [5.41, 5.74) is 6.43. The first-order chi connectivity index (χ1) is 8.19. The van der Waals surface area contributed by atoms with E-state index in [1.165, 1.54) is 6.07 Å². The second kappa shape index (κ2) is 5.94. The number of benzene rings is 1. The van der Waals surface area contributed by atoms with Crippen molar-refractivity contribution in [3.05, 3.63) is 34.1 Å². The molecule has 0 aliphatic carbocycles. The Morgan fingerprint density at radius 1 is 1.35 bits per heavy atom. The Balaban J connectivity index is 1.95. The van der Waals surface area contributed by atoms with E-state index in [4.69, 9.17) is 5.73 Å². The van der Waals surface area contributed by atoms with E-state index in [0.717, 1.165) is 42.5 Å². The molecule has 4 heteroatoms. The molecule has 0 aromatic heterocycles. The van der Waals surface area contributed by atoms with E-state index in [1.807, 2.05) is 6.07 Å². The zero-order chi connectivity index (χ0) is 12.3. The third kappa shape index (κ3) is 3.50. The third-order valence-electron chi connectivity index (χ3n) is 3.44. The molecule has 17 heavy (non-hydrogen) atoms. The number of piperidine rings is 1. The first kappa shape index (κ1) is 13.0. The van der Waals surface area contributed by atoms with Gasteiger partial charge >= 0.3 is 0 Å². The lowest BCUT2D eigenvalue weighted by molar-refractivity contribution is 0.178. The summed E-state index contributed by atoms with van der Waals surface area (Å²) in [7, 11) is 0. The van der Waals surface area contributed by atoms with Gasteiger partial charge in [0.05, 0.1) is 0 Å². The van der Waals surface area contributed by atoms with E-state index in [9.17, 15) is 4.39 Å². The van der Waals surface area contributed by atoms with Crippen molar-refractivity contribution >= 4 is 15.9 Å². The van der Waals surface area contributed by atoms with Gasteiger partial charge in [0.15, 0.2) is 0 Å². The Kier molecular flexibility index (Phi) is 4.54. The number of halogens is 2. The maximum absolute atomic E-state index is 13.6. The molecular weight excluding hydrogens is 283 g/mol. The molecule has 2 nitrogen and oxygen atoms in total. The highest BCUT2D eigenvalue weighted by molar-refractivity contribution is 9.10. The van der Waals surface area contributed by atoms with Crippen LogP contribution in [0.3, 0.4) is 0 Å². The molecule has 1 aliphatic rings. The quantitative estimate of drug-likeness (QED) is 0.930. The summed E-state index contributed by atoms with van der Waals surface area (Å²) < 4.78 is 14.5. The van der Waals surface area contributed by atoms with E-state index in [-0.39, 0.29) is 5.82 Å². The average Bonchev–Trinajstić information content (AvgIpc) is 2.35. The van der Waals surface area contributed by atoms with E-state index >= 15 is 0 Å². The van der Waals surface area contributed by atoms with Crippen LogP contribution in [0.5, 0.6) is 0 Å². The molecule has 0 saturated carbocycles. The Hall–Kier alpha value is -0.450. The Morgan fingerprint density at radius 2 is 2.06 bits per heavy atom. The topological polar surface area (TPSA) is 29.3 Å². The number of hydrogen-bond donors (Lipinski definition) is 1. The van der Waals surface area contributed by atoms with Gasteiger partial charge in [-0.2, -0.15) is 0 Å². The molecule has 1 aliphatic heterocycles. The lowest BCUT2D eigenvalue weighted by Crippen LogP contribution is -2.35. The molecule has 0 bridgehead atoms. The standard InChI is InChI=1S/C13H18BrFN2/c14-12-1-2-13(15)11(7-12)9-17-5-3-10(8-16)4-6-17/h1-2,7,10H,3-6,8-9,16H2. The molecule has 1 fully saturated rings. The van der Waals surface area contributed by atoms with Gasteiger partial charge in [-0.05, 0) is 56.6 Å². The Morgan fingerprint density at radius 3 is 2.71 bits per heavy atom. The van der Waals surface area contributed by atoms with Gasteiger partial charge in [0, 0.05) is 16.6 Å². The van der Waals surface area contributed by atoms with E-state index in [2.05, 4.69) is 20.8 Å². The van der Waals surface area contributed by atoms with Gasteiger partial charge in [-0.3, -0.25) is 4.90 Å². The van der Waals surface area contributed by atoms with Gasteiger partial charge in [0.2, 0.25) is 0 Å². The highest BCUT2D eigenvalue weighted by atomic mass is 79.9. The maximum atomic E-state index is 13.6. The lowest BCUT2D eigenvalue weighted by Gasteiger charge is -2.31. The summed E-state index contributed by atoms with van der Waals surface area (Å²) in [5, 5.41) is 0. The third-order valence-corrected chi connectivity index (χ3v) is 3.94. The van der Waals surface area contributed by atoms with Gasteiger partial charge in [-0.15, -0.1) is 0 Å². The SMILES string of the molecule is NCC1CCN(Cc2cc(Br)ccc2F)CC1. The number of likely N-dealkylation sites (tertiary alicyclic amines) is 1. The zero-order valence-corrected chi connectivity index (χ0v) is 11.4. The molecule has 0 spiro atoms. The van der Waals surface area contributed by atoms with Gasteiger partial charge in [-0.1, -0.05) is 15.9 Å². The fourth-order valence-electron chi connectivity index (χ4n) is 2.29. The molecule has 1 aromatic rings. The van der Waals surface area contributed by atoms with E-state index in [0.29, 0.717) is 12.5 Å². The monoisotopic (exact) mass is 300 g/mol. The molecule has 94 valence electrons. The molecule has 0 amide bonds. The first-order valence-corrected chi connectivity index (χ1v) is 6.84. The van der Waals surface area contributed by atoms with E-state index in [1.54, 1.807) is 6.07 Å². The van der Waals surface area contributed by atoms with Crippen molar-refractivity contribution in [1.29, 1.82) is 0 Å². The van der Waals surface area contributed by atoms with Crippen LogP contribution < -0.4 is 5.73 Å². The van der Waals surface area contributed by atoms with Crippen LogP contribution in [0.4, 0.5) is 4.39 Å². The van der Waals surface area contributed by atoms with Crippen LogP contribution in [0.25, 0.3) is 0 Å². The van der Waals surface area contributed by atoms with Gasteiger partial charge in [0.25, 0.3) is 0 Å². The minimum absolute atomic E-state index is 0.117. The second-order valence-electron chi connectivity index (χ2n) is 4.69. The molecule has 1 saturated heterocycles. The molecule has 2 N–H and O–H groups in total. The number of hydrogen-bond acceptors (Lipinski definition) is 2. The summed E-state index contributed by atoms with van der Waals surface area (Å²) in [5.74, 6) is 0.535. The largest absolute Gasteiger partial charge is 0.330 e. The highest BCUT2D eigenvalue weighted by Crippen LogP contribution is 2.21. The van der Waals surface area contributed by atoms with Gasteiger partial charge in [-0.25, -0.2) is 4.39 Å². The van der Waals surface area contributed by atoms with Crippen LogP contribution in [0.15, 0.2) is 22.7 Å². The van der Waals surface area contributed by atoms with Crippen LogP contribution in [0.2, 0.25) is 0 Å². The molecule has 2 rings (SSSR count). The molecule has 0 radical (unpaired) electrons. The zero-order valence-electron chi connectivity index (χ0n) is 9.83. The Bertz CT molecular complexity index is 376. The number of nitrogens with zero attached hydrogens (tertiary/aromatic N) is 1. The van der Waals surface area contributed by atoms with Gasteiger partial charge in [0.1, 0.15) is 5.82 Å². The summed E-state index contributed by atoms with van der Waals surface area (Å²) in [4.78, 5) is 2.30. The normalized spacial score (nSPS) is 18.5. The van der Waals surface area contributed by atoms with Crippen LogP contribution in [-0.4, -0.2) is 24.5 Å². The first-order valence-electron chi connectivity index (χ1n) is 6.05. The molecule has 0 unspecified atom stereocenters. The second-order valence-corrected chi connectivity index (χ2v) is 5.61. The predicted octanol–water partition coefficient (Wildman–Crippen LogP) is 2.76. The van der Waals surface area contributed by atoms with E-state index < -0.39 is 0 Å². The minimum Gasteiger partial charge on any atom is -0.330 e. The van der Waals surface area contributed by atoms with Crippen molar-refractivity contribution in [3.8, 4) is 0 Å². The molecule has 1 aromatic carbocycles. The molecular formula is C13H18BrFN2. The summed E-state index contributed by atoms with van der Waals surface area (Å²) in [6, 6.07) is 5.12. The van der Waals surface area contributed by atoms with Crippen molar-refractivity contribution in [2.75, 3.05) is 19.6 Å². The van der Waals surface area contributed by atoms with Crippen molar-refractivity contribution in [3.63, 3.8) is 0 Å². The van der Waals surface area contributed by atoms with Crippen molar-refractivity contribution < 1.29 is 4.39 Å². The summed E-state index contributed by atoms with van der Waals surface area (Å²) in [6.45, 7) is 3.52. The molecule has 1 heterocycles. The molecule has 0 atom stereocenters. The van der Waals surface area contributed by atoms with Crippen LogP contribution in [-0.2, 0) is 6.54 Å². The minimum atomic E-state index is -0.117. The Labute approximate surface area is 110 Å². The van der Waals surface area contributed by atoms with Crippen LogP contribution >= 0.6 is 15.9 Å². The highest BCUT2D eigenvalue weighted by Gasteiger charge is 2.18. The maximum Gasteiger partial charge on any atom is 0.127 e. The summed E-state index contributed by atoms with van der Waals surface area (Å²) >= 11 is 3.38.